The van der Waals surface area contributed by atoms with Crippen LogP contribution in [-0.2, 0) is 4.79 Å². The number of amides is 1. The number of benzene rings is 1. The number of pyridine rings is 1. The number of carbonyl (C=O) groups excluding carboxylic acids is 1. The largest absolute Gasteiger partial charge is 0.457 e. The summed E-state index contributed by atoms with van der Waals surface area (Å²) in [7, 11) is 0. The summed E-state index contributed by atoms with van der Waals surface area (Å²) >= 11 is 0. The van der Waals surface area contributed by atoms with Gasteiger partial charge in [0.1, 0.15) is 11.5 Å². The summed E-state index contributed by atoms with van der Waals surface area (Å²) in [5.41, 5.74) is 5.88. The first kappa shape index (κ1) is 12.1. The number of hydrogen-bond acceptors (Lipinski definition) is 4. The first-order valence-electron chi connectivity index (χ1n) is 5.46. The maximum atomic E-state index is 11.2. The Hall–Kier alpha value is -2.40. The molecule has 0 atom stereocenters. The molecule has 2 aromatic rings. The van der Waals surface area contributed by atoms with Crippen LogP contribution in [0.4, 0.5) is 5.69 Å². The lowest BCUT2D eigenvalue weighted by atomic mass is 10.3. The molecule has 0 bridgehead atoms. The van der Waals surface area contributed by atoms with Crippen LogP contribution < -0.4 is 15.8 Å². The molecular formula is C13H13N3O2. The zero-order valence-electron chi connectivity index (χ0n) is 9.67. The van der Waals surface area contributed by atoms with Gasteiger partial charge in [-0.3, -0.25) is 9.78 Å². The van der Waals surface area contributed by atoms with Gasteiger partial charge < -0.3 is 15.8 Å². The Kier molecular flexibility index (Phi) is 3.88. The summed E-state index contributed by atoms with van der Waals surface area (Å²) in [6, 6.07) is 10.6. The molecule has 0 aliphatic rings. The van der Waals surface area contributed by atoms with E-state index in [0.29, 0.717) is 17.2 Å². The van der Waals surface area contributed by atoms with Gasteiger partial charge in [-0.05, 0) is 24.3 Å². The van der Waals surface area contributed by atoms with Crippen LogP contribution in [0.2, 0.25) is 0 Å². The highest BCUT2D eigenvalue weighted by Crippen LogP contribution is 2.23. The van der Waals surface area contributed by atoms with Gasteiger partial charge in [0.25, 0.3) is 0 Å². The first-order valence-corrected chi connectivity index (χ1v) is 5.46. The number of nitrogens with zero attached hydrogens (tertiary/aromatic N) is 1. The Morgan fingerprint density at radius 3 is 2.72 bits per heavy atom. The van der Waals surface area contributed by atoms with Gasteiger partial charge in [0.15, 0.2) is 0 Å². The number of ether oxygens (including phenoxy) is 1. The summed E-state index contributed by atoms with van der Waals surface area (Å²) in [6.45, 7) is -0.0462. The molecule has 0 saturated heterocycles. The second-order valence-electron chi connectivity index (χ2n) is 3.57. The van der Waals surface area contributed by atoms with Crippen molar-refractivity contribution in [3.63, 3.8) is 0 Å². The first-order chi connectivity index (χ1) is 8.78. The number of hydrogen-bond donors (Lipinski definition) is 2. The van der Waals surface area contributed by atoms with E-state index < -0.39 is 0 Å². The van der Waals surface area contributed by atoms with E-state index in [2.05, 4.69) is 10.3 Å². The van der Waals surface area contributed by atoms with Crippen molar-refractivity contribution in [1.82, 2.24) is 4.98 Å². The van der Waals surface area contributed by atoms with Gasteiger partial charge >= 0.3 is 0 Å². The zero-order valence-corrected chi connectivity index (χ0v) is 9.67. The van der Waals surface area contributed by atoms with Crippen LogP contribution in [-0.4, -0.2) is 17.4 Å². The van der Waals surface area contributed by atoms with E-state index in [-0.39, 0.29) is 12.5 Å². The third kappa shape index (κ3) is 3.29. The Bertz CT molecular complexity index is 529. The average molecular weight is 243 g/mol. The fraction of sp³-hybridized carbons (Fsp3) is 0.0769. The summed E-state index contributed by atoms with van der Waals surface area (Å²) in [5.74, 6) is 1.08. The molecule has 0 fully saturated rings. The minimum absolute atomic E-state index is 0.0462. The van der Waals surface area contributed by atoms with Gasteiger partial charge in [0.2, 0.25) is 5.91 Å². The highest BCUT2D eigenvalue weighted by molar-refractivity contribution is 5.92. The molecule has 3 N–H and O–H groups in total. The van der Waals surface area contributed by atoms with Crippen LogP contribution >= 0.6 is 0 Å². The van der Waals surface area contributed by atoms with Crippen LogP contribution in [0.5, 0.6) is 11.5 Å². The van der Waals surface area contributed by atoms with Crippen LogP contribution in [0.1, 0.15) is 0 Å². The molecule has 0 aliphatic heterocycles. The Morgan fingerprint density at radius 1 is 1.22 bits per heavy atom. The van der Waals surface area contributed by atoms with Crippen molar-refractivity contribution < 1.29 is 9.53 Å². The SMILES string of the molecule is NCC(=O)Nc1cccc(Oc2ccncc2)c1. The molecule has 1 amide bonds. The zero-order chi connectivity index (χ0) is 12.8. The Labute approximate surface area is 105 Å². The maximum absolute atomic E-state index is 11.2. The van der Waals surface area contributed by atoms with Crippen molar-refractivity contribution in [2.24, 2.45) is 5.73 Å². The highest BCUT2D eigenvalue weighted by atomic mass is 16.5. The van der Waals surface area contributed by atoms with Crippen molar-refractivity contribution in [3.05, 3.63) is 48.8 Å². The highest BCUT2D eigenvalue weighted by Gasteiger charge is 2.01. The van der Waals surface area contributed by atoms with Gasteiger partial charge in [-0.15, -0.1) is 0 Å². The van der Waals surface area contributed by atoms with Crippen molar-refractivity contribution in [2.75, 3.05) is 11.9 Å². The predicted molar refractivity (Wildman–Crippen MR) is 68.4 cm³/mol. The van der Waals surface area contributed by atoms with Crippen molar-refractivity contribution in [3.8, 4) is 11.5 Å². The standard InChI is InChI=1S/C13H13N3O2/c14-9-13(17)16-10-2-1-3-12(8-10)18-11-4-6-15-7-5-11/h1-8H,9,14H2,(H,16,17). The summed E-state index contributed by atoms with van der Waals surface area (Å²) in [4.78, 5) is 15.1. The molecule has 0 saturated carbocycles. The van der Waals surface area contributed by atoms with E-state index in [1.165, 1.54) is 0 Å². The van der Waals surface area contributed by atoms with Gasteiger partial charge in [0, 0.05) is 24.1 Å². The van der Waals surface area contributed by atoms with Gasteiger partial charge in [-0.2, -0.15) is 0 Å². The monoisotopic (exact) mass is 243 g/mol. The molecule has 5 nitrogen and oxygen atoms in total. The van der Waals surface area contributed by atoms with Gasteiger partial charge in [-0.1, -0.05) is 6.07 Å². The van der Waals surface area contributed by atoms with E-state index in [4.69, 9.17) is 10.5 Å². The van der Waals surface area contributed by atoms with Crippen molar-refractivity contribution in [1.29, 1.82) is 0 Å². The molecule has 92 valence electrons. The molecule has 0 spiro atoms. The van der Waals surface area contributed by atoms with Crippen LogP contribution in [0.15, 0.2) is 48.8 Å². The molecule has 1 aromatic heterocycles. The molecule has 1 heterocycles. The molecule has 0 aliphatic carbocycles. The van der Waals surface area contributed by atoms with Gasteiger partial charge in [0.05, 0.1) is 6.54 Å². The van der Waals surface area contributed by atoms with Gasteiger partial charge in [-0.25, -0.2) is 0 Å². The minimum Gasteiger partial charge on any atom is -0.457 e. The average Bonchev–Trinajstić information content (AvgIpc) is 2.40. The summed E-state index contributed by atoms with van der Waals surface area (Å²) in [5, 5.41) is 2.66. The fourth-order valence-electron chi connectivity index (χ4n) is 1.39. The third-order valence-corrected chi connectivity index (χ3v) is 2.19. The second-order valence-corrected chi connectivity index (χ2v) is 3.57. The molecule has 18 heavy (non-hydrogen) atoms. The summed E-state index contributed by atoms with van der Waals surface area (Å²) in [6.07, 6.45) is 3.30. The lowest BCUT2D eigenvalue weighted by Gasteiger charge is -2.08. The molecule has 2 rings (SSSR count). The van der Waals surface area contributed by atoms with E-state index >= 15 is 0 Å². The van der Waals surface area contributed by atoms with E-state index in [9.17, 15) is 4.79 Å². The van der Waals surface area contributed by atoms with E-state index in [0.717, 1.165) is 0 Å². The van der Waals surface area contributed by atoms with E-state index in [1.807, 2.05) is 0 Å². The number of nitrogens with one attached hydrogen (secondary N) is 1. The molecule has 0 radical (unpaired) electrons. The number of rotatable bonds is 4. The fourth-order valence-corrected chi connectivity index (χ4v) is 1.39. The van der Waals surface area contributed by atoms with Crippen molar-refractivity contribution >= 4 is 11.6 Å². The van der Waals surface area contributed by atoms with Crippen LogP contribution in [0.25, 0.3) is 0 Å². The quantitative estimate of drug-likeness (QED) is 0.858. The van der Waals surface area contributed by atoms with Crippen LogP contribution in [0, 0.1) is 0 Å². The molecular weight excluding hydrogens is 230 g/mol. The number of aromatic nitrogens is 1. The molecule has 5 heteroatoms. The smallest absolute Gasteiger partial charge is 0.238 e. The maximum Gasteiger partial charge on any atom is 0.238 e. The molecule has 0 unspecified atom stereocenters. The Morgan fingerprint density at radius 2 is 2.00 bits per heavy atom. The lowest BCUT2D eigenvalue weighted by molar-refractivity contribution is -0.114. The van der Waals surface area contributed by atoms with Crippen molar-refractivity contribution in [2.45, 2.75) is 0 Å². The summed E-state index contributed by atoms with van der Waals surface area (Å²) < 4.78 is 5.61. The predicted octanol–water partition coefficient (Wildman–Crippen LogP) is 1.77. The Balaban J connectivity index is 2.10. The topological polar surface area (TPSA) is 77.2 Å². The molecule has 1 aromatic carbocycles. The minimum atomic E-state index is -0.240. The third-order valence-electron chi connectivity index (χ3n) is 2.19. The van der Waals surface area contributed by atoms with Crippen LogP contribution in [0.3, 0.4) is 0 Å². The number of carbonyl (C=O) groups is 1. The van der Waals surface area contributed by atoms with E-state index in [1.54, 1.807) is 48.8 Å². The number of anilines is 1. The number of nitrogens with two attached hydrogens (primary N) is 1. The lowest BCUT2D eigenvalue weighted by Crippen LogP contribution is -2.21. The normalized spacial score (nSPS) is 9.83. The second kappa shape index (κ2) is 5.79.